The molecule has 0 amide bonds. The second kappa shape index (κ2) is 17.0. The van der Waals surface area contributed by atoms with Gasteiger partial charge < -0.3 is 10.6 Å². The zero-order valence-corrected chi connectivity index (χ0v) is 33.3. The van der Waals surface area contributed by atoms with E-state index in [0.717, 1.165) is 104 Å². The Kier molecular flexibility index (Phi) is 11.3. The van der Waals surface area contributed by atoms with E-state index in [0.29, 0.717) is 21.4 Å². The SMILES string of the molecule is C=C(NC1=CCCC=C1)c1cc(N=Nc2ccc(-c3ccc(N=Nc4c(C)c(C(=C)NC5=CCCCC5)cc5ccccc45)c(Cl)c3)cc2Cl)c2ccccc2c1. The molecule has 0 aromatic heterocycles. The first-order valence-corrected chi connectivity index (χ1v) is 20.0. The van der Waals surface area contributed by atoms with Crippen molar-refractivity contribution in [2.75, 3.05) is 0 Å². The van der Waals surface area contributed by atoms with Crippen LogP contribution in [0.4, 0.5) is 22.7 Å². The Morgan fingerprint density at radius 3 is 1.95 bits per heavy atom. The molecule has 282 valence electrons. The summed E-state index contributed by atoms with van der Waals surface area (Å²) in [6.45, 7) is 10.8. The van der Waals surface area contributed by atoms with Gasteiger partial charge in [0.15, 0.2) is 0 Å². The zero-order chi connectivity index (χ0) is 39.3. The number of allylic oxidation sites excluding steroid dienone is 5. The molecule has 8 rings (SSSR count). The second-order valence-corrected chi connectivity index (χ2v) is 15.2. The van der Waals surface area contributed by atoms with Crippen LogP contribution in [0.3, 0.4) is 0 Å². The lowest BCUT2D eigenvalue weighted by Gasteiger charge is -2.19. The highest BCUT2D eigenvalue weighted by atomic mass is 35.5. The van der Waals surface area contributed by atoms with Crippen molar-refractivity contribution in [3.63, 3.8) is 0 Å². The summed E-state index contributed by atoms with van der Waals surface area (Å²) in [5.41, 5.74) is 11.3. The normalized spacial score (nSPS) is 14.3. The van der Waals surface area contributed by atoms with Crippen LogP contribution in [-0.4, -0.2) is 0 Å². The zero-order valence-electron chi connectivity index (χ0n) is 31.8. The van der Waals surface area contributed by atoms with E-state index in [1.807, 2.05) is 72.8 Å². The summed E-state index contributed by atoms with van der Waals surface area (Å²) in [5, 5.41) is 30.8. The lowest BCUT2D eigenvalue weighted by atomic mass is 9.97. The third-order valence-corrected chi connectivity index (χ3v) is 11.0. The van der Waals surface area contributed by atoms with Crippen LogP contribution >= 0.6 is 23.2 Å². The van der Waals surface area contributed by atoms with Gasteiger partial charge in [0.1, 0.15) is 11.4 Å². The average Bonchev–Trinajstić information content (AvgIpc) is 3.23. The van der Waals surface area contributed by atoms with Crippen molar-refractivity contribution in [1.82, 2.24) is 10.6 Å². The predicted octanol–water partition coefficient (Wildman–Crippen LogP) is 15.9. The Morgan fingerprint density at radius 2 is 1.28 bits per heavy atom. The van der Waals surface area contributed by atoms with Crippen molar-refractivity contribution in [3.05, 3.63) is 179 Å². The molecule has 0 spiro atoms. The number of hydrogen-bond donors (Lipinski definition) is 2. The number of azo groups is 2. The van der Waals surface area contributed by atoms with E-state index in [9.17, 15) is 0 Å². The van der Waals surface area contributed by atoms with Gasteiger partial charge in [0.05, 0.1) is 21.4 Å². The van der Waals surface area contributed by atoms with Crippen molar-refractivity contribution < 1.29 is 0 Å². The van der Waals surface area contributed by atoms with E-state index >= 15 is 0 Å². The standard InChI is InChI=1S/C49H42Cl2N6/c1-31-43(33(3)53-40-18-8-5-9-19-40)27-37-15-11-13-21-42(37)49(31)57-55-47-25-23-35(29-45(47)51)34-22-24-46(44(50)28-34)54-56-48-30-38(26-36-14-10-12-20-41(36)48)32(2)52-39-16-6-4-7-17-39/h6,10-18,20-30,52-53H,2-5,7-9,19H2,1H3. The van der Waals surface area contributed by atoms with Crippen molar-refractivity contribution in [2.45, 2.75) is 45.4 Å². The highest BCUT2D eigenvalue weighted by Crippen LogP contribution is 2.40. The molecule has 0 heterocycles. The van der Waals surface area contributed by atoms with Gasteiger partial charge >= 0.3 is 0 Å². The van der Waals surface area contributed by atoms with E-state index in [4.69, 9.17) is 28.3 Å². The Bertz CT molecular complexity index is 2720. The van der Waals surface area contributed by atoms with E-state index in [-0.39, 0.29) is 0 Å². The summed E-state index contributed by atoms with van der Waals surface area (Å²) in [4.78, 5) is 0. The lowest BCUT2D eigenvalue weighted by molar-refractivity contribution is 0.678. The first kappa shape index (κ1) is 37.8. The van der Waals surface area contributed by atoms with Gasteiger partial charge in [0.25, 0.3) is 0 Å². The first-order valence-electron chi connectivity index (χ1n) is 19.3. The minimum atomic E-state index is 0.469. The number of benzene rings is 6. The van der Waals surface area contributed by atoms with Gasteiger partial charge in [0, 0.05) is 44.7 Å². The van der Waals surface area contributed by atoms with Crippen LogP contribution in [0.5, 0.6) is 0 Å². The van der Waals surface area contributed by atoms with Crippen molar-refractivity contribution in [2.24, 2.45) is 20.5 Å². The molecule has 2 aliphatic carbocycles. The number of hydrogen-bond acceptors (Lipinski definition) is 6. The fourth-order valence-corrected chi connectivity index (χ4v) is 7.77. The number of halogens is 2. The molecule has 0 atom stereocenters. The lowest BCUT2D eigenvalue weighted by Crippen LogP contribution is -2.13. The molecule has 0 unspecified atom stereocenters. The summed E-state index contributed by atoms with van der Waals surface area (Å²) in [5.74, 6) is 0. The quantitative estimate of drug-likeness (QED) is 0.128. The number of nitrogens with zero attached hydrogens (tertiary/aromatic N) is 4. The molecule has 0 saturated carbocycles. The van der Waals surface area contributed by atoms with Gasteiger partial charge in [-0.15, -0.1) is 20.5 Å². The summed E-state index contributed by atoms with van der Waals surface area (Å²) in [7, 11) is 0. The van der Waals surface area contributed by atoms with Gasteiger partial charge in [-0.05, 0) is 121 Å². The Balaban J connectivity index is 1.02. The molecule has 6 aromatic rings. The molecule has 0 saturated heterocycles. The van der Waals surface area contributed by atoms with E-state index in [1.54, 1.807) is 0 Å². The summed E-state index contributed by atoms with van der Waals surface area (Å²) in [6, 6.07) is 34.1. The van der Waals surface area contributed by atoms with Crippen LogP contribution in [0.25, 0.3) is 44.1 Å². The highest BCUT2D eigenvalue weighted by Gasteiger charge is 2.15. The Labute approximate surface area is 343 Å². The Hall–Kier alpha value is -6.08. The molecule has 2 N–H and O–H groups in total. The van der Waals surface area contributed by atoms with Crippen molar-refractivity contribution in [1.29, 1.82) is 0 Å². The first-order chi connectivity index (χ1) is 27.8. The largest absolute Gasteiger partial charge is 0.359 e. The van der Waals surface area contributed by atoms with Gasteiger partial charge in [-0.1, -0.05) is 115 Å². The minimum absolute atomic E-state index is 0.469. The van der Waals surface area contributed by atoms with Crippen molar-refractivity contribution >= 4 is 78.9 Å². The van der Waals surface area contributed by atoms with Crippen LogP contribution in [0.2, 0.25) is 10.0 Å². The molecule has 57 heavy (non-hydrogen) atoms. The topological polar surface area (TPSA) is 73.5 Å². The second-order valence-electron chi connectivity index (χ2n) is 14.4. The van der Waals surface area contributed by atoms with Crippen LogP contribution in [0, 0.1) is 6.92 Å². The smallest absolute Gasteiger partial charge is 0.104 e. The number of fused-ring (bicyclic) bond motifs is 2. The fraction of sp³-hybridized carbons (Fsp3) is 0.143. The maximum atomic E-state index is 6.85. The molecule has 8 heteroatoms. The summed E-state index contributed by atoms with van der Waals surface area (Å²) >= 11 is 13.7. The maximum absolute atomic E-state index is 6.85. The molecule has 0 radical (unpaired) electrons. The minimum Gasteiger partial charge on any atom is -0.359 e. The van der Waals surface area contributed by atoms with E-state index < -0.39 is 0 Å². The van der Waals surface area contributed by atoms with Crippen LogP contribution in [0.15, 0.2) is 172 Å². The molecule has 0 fully saturated rings. The molecular formula is C49H42Cl2N6. The number of nitrogens with one attached hydrogen (secondary N) is 2. The van der Waals surface area contributed by atoms with Crippen LogP contribution in [0.1, 0.15) is 55.2 Å². The molecule has 0 aliphatic heterocycles. The molecule has 6 nitrogen and oxygen atoms in total. The fourth-order valence-electron chi connectivity index (χ4n) is 7.33. The van der Waals surface area contributed by atoms with E-state index in [1.165, 1.54) is 18.5 Å². The van der Waals surface area contributed by atoms with E-state index in [2.05, 4.69) is 101 Å². The maximum Gasteiger partial charge on any atom is 0.104 e. The predicted molar refractivity (Wildman–Crippen MR) is 240 cm³/mol. The monoisotopic (exact) mass is 784 g/mol. The summed E-state index contributed by atoms with van der Waals surface area (Å²) < 4.78 is 0. The van der Waals surface area contributed by atoms with Crippen molar-refractivity contribution in [3.8, 4) is 11.1 Å². The summed E-state index contributed by atoms with van der Waals surface area (Å²) in [6.07, 6.45) is 15.3. The third kappa shape index (κ3) is 8.53. The van der Waals surface area contributed by atoms with Gasteiger partial charge in [-0.25, -0.2) is 0 Å². The molecule has 6 aromatic carbocycles. The van der Waals surface area contributed by atoms with Gasteiger partial charge in [0.2, 0.25) is 0 Å². The molecular weight excluding hydrogens is 743 g/mol. The van der Waals surface area contributed by atoms with Gasteiger partial charge in [-0.2, -0.15) is 0 Å². The van der Waals surface area contributed by atoms with Crippen LogP contribution < -0.4 is 10.6 Å². The van der Waals surface area contributed by atoms with Gasteiger partial charge in [-0.3, -0.25) is 0 Å². The third-order valence-electron chi connectivity index (χ3n) is 10.4. The van der Waals surface area contributed by atoms with Crippen LogP contribution in [-0.2, 0) is 0 Å². The number of rotatable bonds is 11. The Morgan fingerprint density at radius 1 is 0.614 bits per heavy atom. The molecule has 0 bridgehead atoms. The highest BCUT2D eigenvalue weighted by molar-refractivity contribution is 6.34. The molecule has 2 aliphatic rings. The average molecular weight is 786 g/mol.